The molecule has 0 aliphatic rings. The van der Waals surface area contributed by atoms with E-state index in [-0.39, 0.29) is 0 Å². The molecular formula is C15H19NO4. The number of hydrogen-bond acceptors (Lipinski definition) is 5. The lowest BCUT2D eigenvalue weighted by molar-refractivity contribution is 0.322. The highest BCUT2D eigenvalue weighted by Gasteiger charge is 2.20. The molecule has 1 heterocycles. The minimum absolute atomic E-state index is 0.530. The molecule has 0 radical (unpaired) electrons. The third kappa shape index (κ3) is 2.52. The second-order valence-electron chi connectivity index (χ2n) is 4.40. The zero-order chi connectivity index (χ0) is 14.7. The molecule has 20 heavy (non-hydrogen) atoms. The van der Waals surface area contributed by atoms with Crippen LogP contribution in [0.3, 0.4) is 0 Å². The maximum absolute atomic E-state index is 6.09. The summed E-state index contributed by atoms with van der Waals surface area (Å²) in [5.74, 6) is 3.32. The normalized spacial score (nSPS) is 10.4. The molecular weight excluding hydrogens is 258 g/mol. The molecule has 0 fully saturated rings. The van der Waals surface area contributed by atoms with E-state index in [2.05, 4.69) is 0 Å². The third-order valence-electron chi connectivity index (χ3n) is 3.11. The molecule has 0 amide bonds. The van der Waals surface area contributed by atoms with Crippen LogP contribution in [-0.2, 0) is 6.42 Å². The number of anilines is 1. The molecule has 5 heteroatoms. The summed E-state index contributed by atoms with van der Waals surface area (Å²) in [6.07, 6.45) is 0.531. The van der Waals surface area contributed by atoms with Crippen molar-refractivity contribution in [2.24, 2.45) is 0 Å². The molecule has 0 saturated carbocycles. The molecule has 0 unspecified atom stereocenters. The maximum atomic E-state index is 6.09. The Balaban J connectivity index is 2.51. The Hall–Kier alpha value is -2.30. The predicted octanol–water partition coefficient (Wildman–Crippen LogP) is 2.79. The Kier molecular flexibility index (Phi) is 4.08. The third-order valence-corrected chi connectivity index (χ3v) is 3.11. The molecule has 0 saturated heterocycles. The number of nitrogen functional groups attached to an aromatic ring is 1. The highest BCUT2D eigenvalue weighted by atomic mass is 16.5. The summed E-state index contributed by atoms with van der Waals surface area (Å²) in [5.41, 5.74) is 7.49. The first kappa shape index (κ1) is 14.1. The van der Waals surface area contributed by atoms with E-state index in [9.17, 15) is 0 Å². The van der Waals surface area contributed by atoms with Crippen LogP contribution in [0.15, 0.2) is 22.6 Å². The SMILES string of the molecule is COc1cc(N)c(Cc2ccc(C)o2)c(OC)c1OC. The molecule has 0 aliphatic heterocycles. The van der Waals surface area contributed by atoms with Crippen LogP contribution in [-0.4, -0.2) is 21.3 Å². The van der Waals surface area contributed by atoms with Crippen LogP contribution in [0.5, 0.6) is 17.2 Å². The smallest absolute Gasteiger partial charge is 0.203 e. The van der Waals surface area contributed by atoms with Crippen molar-refractivity contribution >= 4 is 5.69 Å². The summed E-state index contributed by atoms with van der Waals surface area (Å²) < 4.78 is 21.7. The zero-order valence-electron chi connectivity index (χ0n) is 12.1. The van der Waals surface area contributed by atoms with Crippen molar-refractivity contribution < 1.29 is 18.6 Å². The lowest BCUT2D eigenvalue weighted by atomic mass is 10.1. The molecule has 5 nitrogen and oxygen atoms in total. The lowest BCUT2D eigenvalue weighted by Gasteiger charge is -2.17. The van der Waals surface area contributed by atoms with Gasteiger partial charge in [0, 0.05) is 23.7 Å². The van der Waals surface area contributed by atoms with Crippen molar-refractivity contribution in [2.75, 3.05) is 27.1 Å². The number of rotatable bonds is 5. The van der Waals surface area contributed by atoms with E-state index in [1.807, 2.05) is 19.1 Å². The van der Waals surface area contributed by atoms with Gasteiger partial charge >= 0.3 is 0 Å². The molecule has 2 rings (SSSR count). The van der Waals surface area contributed by atoms with Gasteiger partial charge in [0.15, 0.2) is 11.5 Å². The number of nitrogens with two attached hydrogens (primary N) is 1. The van der Waals surface area contributed by atoms with Gasteiger partial charge in [-0.1, -0.05) is 0 Å². The Morgan fingerprint density at radius 3 is 2.25 bits per heavy atom. The fourth-order valence-electron chi connectivity index (χ4n) is 2.17. The Morgan fingerprint density at radius 2 is 1.75 bits per heavy atom. The first-order chi connectivity index (χ1) is 9.60. The summed E-state index contributed by atoms with van der Waals surface area (Å²) in [5, 5.41) is 0. The van der Waals surface area contributed by atoms with Crippen molar-refractivity contribution in [2.45, 2.75) is 13.3 Å². The summed E-state index contributed by atoms with van der Waals surface area (Å²) in [6.45, 7) is 1.90. The van der Waals surface area contributed by atoms with Gasteiger partial charge in [0.2, 0.25) is 5.75 Å². The van der Waals surface area contributed by atoms with E-state index in [1.165, 1.54) is 0 Å². The average Bonchev–Trinajstić information content (AvgIpc) is 2.85. The van der Waals surface area contributed by atoms with Gasteiger partial charge in [0.25, 0.3) is 0 Å². The average molecular weight is 277 g/mol. The van der Waals surface area contributed by atoms with Crippen LogP contribution in [0.2, 0.25) is 0 Å². The molecule has 0 atom stereocenters. The Labute approximate surface area is 118 Å². The van der Waals surface area contributed by atoms with Crippen LogP contribution in [0.25, 0.3) is 0 Å². The quantitative estimate of drug-likeness (QED) is 0.851. The number of benzene rings is 1. The van der Waals surface area contributed by atoms with Gasteiger partial charge in [0.1, 0.15) is 11.5 Å². The van der Waals surface area contributed by atoms with Gasteiger partial charge in [-0.05, 0) is 19.1 Å². The van der Waals surface area contributed by atoms with Crippen LogP contribution in [0.4, 0.5) is 5.69 Å². The van der Waals surface area contributed by atoms with Gasteiger partial charge in [-0.3, -0.25) is 0 Å². The van der Waals surface area contributed by atoms with Crippen molar-refractivity contribution in [3.63, 3.8) is 0 Å². The van der Waals surface area contributed by atoms with E-state index in [4.69, 9.17) is 24.4 Å². The predicted molar refractivity (Wildman–Crippen MR) is 76.8 cm³/mol. The topological polar surface area (TPSA) is 66.9 Å². The van der Waals surface area contributed by atoms with Crippen LogP contribution < -0.4 is 19.9 Å². The van der Waals surface area contributed by atoms with E-state index >= 15 is 0 Å². The molecule has 1 aromatic carbocycles. The van der Waals surface area contributed by atoms with Gasteiger partial charge in [-0.25, -0.2) is 0 Å². The van der Waals surface area contributed by atoms with E-state index in [1.54, 1.807) is 27.4 Å². The van der Waals surface area contributed by atoms with E-state index in [0.29, 0.717) is 29.4 Å². The van der Waals surface area contributed by atoms with Gasteiger partial charge in [-0.15, -0.1) is 0 Å². The summed E-state index contributed by atoms with van der Waals surface area (Å²) in [6, 6.07) is 5.57. The molecule has 0 aliphatic carbocycles. The molecule has 0 bridgehead atoms. The van der Waals surface area contributed by atoms with Crippen LogP contribution in [0.1, 0.15) is 17.1 Å². The maximum Gasteiger partial charge on any atom is 0.203 e. The largest absolute Gasteiger partial charge is 0.493 e. The standard InChI is InChI=1S/C15H19NO4/c1-9-5-6-10(20-9)7-11-12(16)8-13(17-2)15(19-4)14(11)18-3/h5-6,8H,7,16H2,1-4H3. The Bertz CT molecular complexity index is 604. The second-order valence-corrected chi connectivity index (χ2v) is 4.40. The van der Waals surface area contributed by atoms with E-state index < -0.39 is 0 Å². The minimum Gasteiger partial charge on any atom is -0.493 e. The number of furan rings is 1. The van der Waals surface area contributed by atoms with Crippen molar-refractivity contribution in [1.82, 2.24) is 0 Å². The lowest BCUT2D eigenvalue weighted by Crippen LogP contribution is -2.03. The van der Waals surface area contributed by atoms with Crippen molar-refractivity contribution in [3.05, 3.63) is 35.3 Å². The molecule has 2 N–H and O–H groups in total. The van der Waals surface area contributed by atoms with Crippen molar-refractivity contribution in [3.8, 4) is 17.2 Å². The summed E-state index contributed by atoms with van der Waals surface area (Å²) in [7, 11) is 4.71. The van der Waals surface area contributed by atoms with Crippen LogP contribution in [0, 0.1) is 6.92 Å². The minimum atomic E-state index is 0.530. The van der Waals surface area contributed by atoms with Crippen LogP contribution >= 0.6 is 0 Å². The first-order valence-electron chi connectivity index (χ1n) is 6.23. The Morgan fingerprint density at radius 1 is 1.05 bits per heavy atom. The summed E-state index contributed by atoms with van der Waals surface area (Å²) >= 11 is 0. The number of aryl methyl sites for hydroxylation is 1. The van der Waals surface area contributed by atoms with E-state index in [0.717, 1.165) is 17.1 Å². The fourth-order valence-corrected chi connectivity index (χ4v) is 2.17. The molecule has 1 aromatic heterocycles. The van der Waals surface area contributed by atoms with Gasteiger partial charge in [-0.2, -0.15) is 0 Å². The van der Waals surface area contributed by atoms with Gasteiger partial charge in [0.05, 0.1) is 21.3 Å². The van der Waals surface area contributed by atoms with Gasteiger partial charge < -0.3 is 24.4 Å². The highest BCUT2D eigenvalue weighted by molar-refractivity contribution is 5.67. The first-order valence-corrected chi connectivity index (χ1v) is 6.23. The monoisotopic (exact) mass is 277 g/mol. The molecule has 2 aromatic rings. The van der Waals surface area contributed by atoms with Crippen molar-refractivity contribution in [1.29, 1.82) is 0 Å². The molecule has 108 valence electrons. The molecule has 0 spiro atoms. The summed E-state index contributed by atoms with van der Waals surface area (Å²) in [4.78, 5) is 0. The zero-order valence-corrected chi connectivity index (χ0v) is 12.1. The number of ether oxygens (including phenoxy) is 3. The second kappa shape index (κ2) is 5.77. The number of hydrogen-bond donors (Lipinski definition) is 1. The number of methoxy groups -OCH3 is 3. The fraction of sp³-hybridized carbons (Fsp3) is 0.333. The highest BCUT2D eigenvalue weighted by Crippen LogP contribution is 2.43.